The largest absolute Gasteiger partial charge is 0.489 e. The molecule has 0 aliphatic carbocycles. The third-order valence-corrected chi connectivity index (χ3v) is 5.53. The molecule has 0 fully saturated rings. The minimum Gasteiger partial charge on any atom is -0.489 e. The molecule has 0 bridgehead atoms. The van der Waals surface area contributed by atoms with Gasteiger partial charge in [-0.25, -0.2) is 0 Å². The smallest absolute Gasteiger partial charge is 0.278 e. The van der Waals surface area contributed by atoms with Gasteiger partial charge in [0.15, 0.2) is 5.69 Å². The van der Waals surface area contributed by atoms with Crippen LogP contribution in [-0.2, 0) is 13.2 Å². The van der Waals surface area contributed by atoms with Gasteiger partial charge in [0.1, 0.15) is 18.1 Å². The first kappa shape index (κ1) is 21.9. The van der Waals surface area contributed by atoms with Gasteiger partial charge >= 0.3 is 0 Å². The van der Waals surface area contributed by atoms with Gasteiger partial charge in [0, 0.05) is 6.20 Å². The molecule has 2 aromatic heterocycles. The highest BCUT2D eigenvalue weighted by atomic mass is 35.5. The zero-order valence-corrected chi connectivity index (χ0v) is 18.9. The van der Waals surface area contributed by atoms with Crippen LogP contribution in [0.3, 0.4) is 0 Å². The first-order valence-electron chi connectivity index (χ1n) is 9.81. The zero-order valence-electron chi connectivity index (χ0n) is 17.4. The summed E-state index contributed by atoms with van der Waals surface area (Å²) in [6.45, 7) is 4.37. The molecule has 2 heterocycles. The summed E-state index contributed by atoms with van der Waals surface area (Å²) < 4.78 is 12.7. The maximum atomic E-state index is 12.8. The van der Waals surface area contributed by atoms with Gasteiger partial charge in [0.05, 0.1) is 34.0 Å². The first-order valence-corrected chi connectivity index (χ1v) is 10.6. The van der Waals surface area contributed by atoms with E-state index in [-0.39, 0.29) is 12.3 Å². The molecule has 0 saturated carbocycles. The van der Waals surface area contributed by atoms with Crippen LogP contribution in [0.25, 0.3) is 0 Å². The van der Waals surface area contributed by atoms with Crippen molar-refractivity contribution in [3.05, 3.63) is 93.0 Å². The zero-order chi connectivity index (χ0) is 22.7. The molecule has 2 aromatic carbocycles. The Balaban J connectivity index is 1.42. The van der Waals surface area contributed by atoms with Gasteiger partial charge in [-0.3, -0.25) is 9.48 Å². The summed E-state index contributed by atoms with van der Waals surface area (Å²) in [7, 11) is 0. The lowest BCUT2D eigenvalue weighted by atomic mass is 10.2. The maximum Gasteiger partial charge on any atom is 0.278 e. The second-order valence-corrected chi connectivity index (χ2v) is 8.11. The highest BCUT2D eigenvalue weighted by Gasteiger charge is 2.21. The van der Waals surface area contributed by atoms with E-state index < -0.39 is 5.91 Å². The minimum atomic E-state index is -0.404. The fourth-order valence-electron chi connectivity index (χ4n) is 3.13. The van der Waals surface area contributed by atoms with Crippen molar-refractivity contribution < 1.29 is 14.1 Å². The molecule has 1 amide bonds. The van der Waals surface area contributed by atoms with E-state index in [9.17, 15) is 4.79 Å². The number of nitrogens with zero attached hydrogens (tertiary/aromatic N) is 3. The predicted molar refractivity (Wildman–Crippen MR) is 122 cm³/mol. The minimum absolute atomic E-state index is 0.165. The van der Waals surface area contributed by atoms with Crippen LogP contribution in [0, 0.1) is 13.8 Å². The van der Waals surface area contributed by atoms with E-state index in [1.807, 2.05) is 37.3 Å². The maximum absolute atomic E-state index is 12.8. The van der Waals surface area contributed by atoms with Gasteiger partial charge in [0.25, 0.3) is 5.91 Å². The number of aryl methyl sites for hydroxylation is 2. The molecule has 0 saturated heterocycles. The summed E-state index contributed by atoms with van der Waals surface area (Å²) in [5.41, 5.74) is 3.31. The third-order valence-electron chi connectivity index (χ3n) is 4.79. The standard InChI is InChI=1S/C23H20Cl2N4O3/c1-14-4-3-5-18(8-14)31-13-19-15(2)32-28-22(19)23(30)27-17-10-26-29(12-17)11-16-6-7-20(24)21(25)9-16/h3-10,12H,11,13H2,1-2H3,(H,27,30). The molecule has 4 aromatic rings. The Bertz CT molecular complexity index is 1270. The molecular weight excluding hydrogens is 451 g/mol. The summed E-state index contributed by atoms with van der Waals surface area (Å²) in [5, 5.41) is 12.0. The lowest BCUT2D eigenvalue weighted by Crippen LogP contribution is -2.15. The molecule has 9 heteroatoms. The van der Waals surface area contributed by atoms with Gasteiger partial charge in [-0.05, 0) is 49.2 Å². The van der Waals surface area contributed by atoms with E-state index in [1.165, 1.54) is 0 Å². The van der Waals surface area contributed by atoms with Crippen LogP contribution in [0.15, 0.2) is 59.4 Å². The van der Waals surface area contributed by atoms with E-state index in [0.29, 0.717) is 39.4 Å². The van der Waals surface area contributed by atoms with E-state index in [4.69, 9.17) is 32.5 Å². The van der Waals surface area contributed by atoms with Crippen molar-refractivity contribution in [2.75, 3.05) is 5.32 Å². The quantitative estimate of drug-likeness (QED) is 0.375. The molecule has 0 aliphatic heterocycles. The van der Waals surface area contributed by atoms with Gasteiger partial charge in [-0.1, -0.05) is 46.6 Å². The number of anilines is 1. The Morgan fingerprint density at radius 3 is 2.78 bits per heavy atom. The highest BCUT2D eigenvalue weighted by Crippen LogP contribution is 2.23. The van der Waals surface area contributed by atoms with Crippen LogP contribution in [0.4, 0.5) is 5.69 Å². The van der Waals surface area contributed by atoms with Gasteiger partial charge in [-0.15, -0.1) is 0 Å². The number of rotatable bonds is 7. The number of hydrogen-bond acceptors (Lipinski definition) is 5. The number of benzene rings is 2. The molecule has 7 nitrogen and oxygen atoms in total. The molecule has 0 unspecified atom stereocenters. The van der Waals surface area contributed by atoms with E-state index in [2.05, 4.69) is 15.6 Å². The molecule has 0 radical (unpaired) electrons. The van der Waals surface area contributed by atoms with E-state index in [1.54, 1.807) is 36.1 Å². The summed E-state index contributed by atoms with van der Waals surface area (Å²) in [5.74, 6) is 0.831. The average Bonchev–Trinajstić information content (AvgIpc) is 3.35. The molecule has 0 atom stereocenters. The van der Waals surface area contributed by atoms with Crippen LogP contribution in [0.1, 0.15) is 32.9 Å². The number of hydrogen-bond donors (Lipinski definition) is 1. The van der Waals surface area contributed by atoms with Crippen molar-refractivity contribution in [3.8, 4) is 5.75 Å². The third kappa shape index (κ3) is 5.12. The van der Waals surface area contributed by atoms with Crippen molar-refractivity contribution in [2.45, 2.75) is 27.0 Å². The van der Waals surface area contributed by atoms with Crippen molar-refractivity contribution in [3.63, 3.8) is 0 Å². The summed E-state index contributed by atoms with van der Waals surface area (Å²) in [6.07, 6.45) is 3.28. The molecule has 32 heavy (non-hydrogen) atoms. The lowest BCUT2D eigenvalue weighted by molar-refractivity contribution is 0.101. The van der Waals surface area contributed by atoms with Crippen LogP contribution in [0.5, 0.6) is 5.75 Å². The first-order chi connectivity index (χ1) is 15.4. The summed E-state index contributed by atoms with van der Waals surface area (Å²) in [4.78, 5) is 12.8. The molecule has 0 aliphatic rings. The number of amides is 1. The fraction of sp³-hybridized carbons (Fsp3) is 0.174. The Morgan fingerprint density at radius 2 is 2.00 bits per heavy atom. The van der Waals surface area contributed by atoms with Crippen molar-refractivity contribution in [2.24, 2.45) is 0 Å². The molecule has 1 N–H and O–H groups in total. The van der Waals surface area contributed by atoms with Gasteiger partial charge in [0.2, 0.25) is 0 Å². The Morgan fingerprint density at radius 1 is 1.16 bits per heavy atom. The second kappa shape index (κ2) is 9.46. The van der Waals surface area contributed by atoms with Crippen molar-refractivity contribution in [1.82, 2.24) is 14.9 Å². The van der Waals surface area contributed by atoms with Gasteiger partial charge < -0.3 is 14.6 Å². The summed E-state index contributed by atoms with van der Waals surface area (Å²) >= 11 is 12.0. The number of nitrogens with one attached hydrogen (secondary N) is 1. The normalized spacial score (nSPS) is 10.9. The average molecular weight is 471 g/mol. The number of carbonyl (C=O) groups is 1. The molecule has 0 spiro atoms. The number of ether oxygens (including phenoxy) is 1. The van der Waals surface area contributed by atoms with Crippen molar-refractivity contribution in [1.29, 1.82) is 0 Å². The number of carbonyl (C=O) groups excluding carboxylic acids is 1. The van der Waals surface area contributed by atoms with Crippen LogP contribution in [0.2, 0.25) is 10.0 Å². The number of aromatic nitrogens is 3. The summed E-state index contributed by atoms with van der Waals surface area (Å²) in [6, 6.07) is 13.1. The Kier molecular flexibility index (Phi) is 6.48. The Hall–Kier alpha value is -3.29. The monoisotopic (exact) mass is 470 g/mol. The van der Waals surface area contributed by atoms with Crippen molar-refractivity contribution >= 4 is 34.8 Å². The van der Waals surface area contributed by atoms with Crippen LogP contribution < -0.4 is 10.1 Å². The molecule has 4 rings (SSSR count). The van der Waals surface area contributed by atoms with E-state index in [0.717, 1.165) is 11.1 Å². The van der Waals surface area contributed by atoms with Crippen LogP contribution in [-0.4, -0.2) is 20.8 Å². The van der Waals surface area contributed by atoms with Gasteiger partial charge in [-0.2, -0.15) is 5.10 Å². The molecule has 164 valence electrons. The van der Waals surface area contributed by atoms with Crippen LogP contribution >= 0.6 is 23.2 Å². The topological polar surface area (TPSA) is 82.2 Å². The predicted octanol–water partition coefficient (Wildman–Crippen LogP) is 5.67. The number of halogens is 2. The molecular formula is C23H20Cl2N4O3. The van der Waals surface area contributed by atoms with E-state index >= 15 is 0 Å². The Labute approximate surface area is 194 Å². The lowest BCUT2D eigenvalue weighted by Gasteiger charge is -2.07. The fourth-order valence-corrected chi connectivity index (χ4v) is 3.45. The highest BCUT2D eigenvalue weighted by molar-refractivity contribution is 6.42. The second-order valence-electron chi connectivity index (χ2n) is 7.30. The SMILES string of the molecule is Cc1cccc(OCc2c(C(=O)Nc3cnn(Cc4ccc(Cl)c(Cl)c4)c3)noc2C)c1.